The summed E-state index contributed by atoms with van der Waals surface area (Å²) in [5.41, 5.74) is 5.08. The average Bonchev–Trinajstić information content (AvgIpc) is 2.43. The SMILES string of the molecule is COCCN(CCC(N)=S)C(=O)c1cc(F)c(F)c(F)c1. The van der Waals surface area contributed by atoms with Crippen LogP contribution in [0.4, 0.5) is 13.2 Å². The van der Waals surface area contributed by atoms with Crippen molar-refractivity contribution >= 4 is 23.1 Å². The molecule has 116 valence electrons. The fourth-order valence-electron chi connectivity index (χ4n) is 1.62. The Bertz CT molecular complexity index is 517. The van der Waals surface area contributed by atoms with E-state index in [0.717, 1.165) is 0 Å². The number of rotatable bonds is 7. The van der Waals surface area contributed by atoms with Crippen LogP contribution in [0.15, 0.2) is 12.1 Å². The summed E-state index contributed by atoms with van der Waals surface area (Å²) in [4.78, 5) is 13.7. The molecule has 1 amide bonds. The summed E-state index contributed by atoms with van der Waals surface area (Å²) < 4.78 is 44.1. The number of carbonyl (C=O) groups excluding carboxylic acids is 1. The molecule has 4 nitrogen and oxygen atoms in total. The molecule has 0 spiro atoms. The number of nitrogens with zero attached hydrogens (tertiary/aromatic N) is 1. The maximum atomic E-state index is 13.2. The Kier molecular flexibility index (Phi) is 6.57. The quantitative estimate of drug-likeness (QED) is 0.615. The van der Waals surface area contributed by atoms with Crippen molar-refractivity contribution in [3.63, 3.8) is 0 Å². The molecule has 0 bridgehead atoms. The molecular weight excluding hydrogens is 305 g/mol. The fraction of sp³-hybridized carbons (Fsp3) is 0.385. The molecule has 0 fully saturated rings. The number of hydrogen-bond acceptors (Lipinski definition) is 3. The predicted octanol–water partition coefficient (Wildman–Crippen LogP) is 1.87. The first-order valence-electron chi connectivity index (χ1n) is 6.08. The van der Waals surface area contributed by atoms with E-state index >= 15 is 0 Å². The summed E-state index contributed by atoms with van der Waals surface area (Å²) in [6, 6.07) is 1.31. The zero-order chi connectivity index (χ0) is 16.0. The van der Waals surface area contributed by atoms with Crippen molar-refractivity contribution in [2.24, 2.45) is 5.73 Å². The Morgan fingerprint density at radius 3 is 2.33 bits per heavy atom. The minimum Gasteiger partial charge on any atom is -0.393 e. The highest BCUT2D eigenvalue weighted by Crippen LogP contribution is 2.15. The number of carbonyl (C=O) groups is 1. The summed E-state index contributed by atoms with van der Waals surface area (Å²) in [5, 5.41) is 0. The maximum Gasteiger partial charge on any atom is 0.254 e. The molecular formula is C13H15F3N2O2S. The van der Waals surface area contributed by atoms with Gasteiger partial charge in [-0.15, -0.1) is 0 Å². The van der Waals surface area contributed by atoms with Gasteiger partial charge in [0.05, 0.1) is 11.6 Å². The van der Waals surface area contributed by atoms with E-state index in [4.69, 9.17) is 22.7 Å². The molecule has 0 aliphatic rings. The van der Waals surface area contributed by atoms with Gasteiger partial charge in [0.1, 0.15) is 0 Å². The lowest BCUT2D eigenvalue weighted by molar-refractivity contribution is 0.0700. The molecule has 0 aliphatic carbocycles. The fourth-order valence-corrected chi connectivity index (χ4v) is 1.71. The zero-order valence-corrected chi connectivity index (χ0v) is 12.2. The van der Waals surface area contributed by atoms with Crippen molar-refractivity contribution in [1.29, 1.82) is 0 Å². The number of hydrogen-bond donors (Lipinski definition) is 1. The standard InChI is InChI=1S/C13H15F3N2O2S/c1-20-5-4-18(3-2-11(17)21)13(19)8-6-9(14)12(16)10(15)7-8/h6-7H,2-5H2,1H3,(H2,17,21). The third-order valence-electron chi connectivity index (χ3n) is 2.71. The lowest BCUT2D eigenvalue weighted by Crippen LogP contribution is -2.36. The van der Waals surface area contributed by atoms with Gasteiger partial charge in [-0.05, 0) is 12.1 Å². The molecule has 0 aromatic heterocycles. The first-order valence-corrected chi connectivity index (χ1v) is 6.48. The van der Waals surface area contributed by atoms with Gasteiger partial charge < -0.3 is 15.4 Å². The van der Waals surface area contributed by atoms with E-state index in [1.807, 2.05) is 0 Å². The maximum absolute atomic E-state index is 13.2. The topological polar surface area (TPSA) is 55.6 Å². The number of thiocarbonyl (C=S) groups is 1. The average molecular weight is 320 g/mol. The van der Waals surface area contributed by atoms with E-state index in [0.29, 0.717) is 12.1 Å². The number of methoxy groups -OCH3 is 1. The van der Waals surface area contributed by atoms with Crippen molar-refractivity contribution in [2.75, 3.05) is 26.8 Å². The van der Waals surface area contributed by atoms with E-state index < -0.39 is 23.4 Å². The highest BCUT2D eigenvalue weighted by molar-refractivity contribution is 7.80. The van der Waals surface area contributed by atoms with Crippen LogP contribution in [0.1, 0.15) is 16.8 Å². The Morgan fingerprint density at radius 1 is 1.29 bits per heavy atom. The lowest BCUT2D eigenvalue weighted by atomic mass is 10.1. The Hall–Kier alpha value is -1.67. The zero-order valence-electron chi connectivity index (χ0n) is 11.4. The minimum absolute atomic E-state index is 0.179. The molecule has 8 heteroatoms. The van der Waals surface area contributed by atoms with E-state index in [1.54, 1.807) is 0 Å². The molecule has 0 heterocycles. The van der Waals surface area contributed by atoms with E-state index in [9.17, 15) is 18.0 Å². The van der Waals surface area contributed by atoms with Crippen LogP contribution in [0.25, 0.3) is 0 Å². The highest BCUT2D eigenvalue weighted by atomic mass is 32.1. The molecule has 0 radical (unpaired) electrons. The molecule has 1 rings (SSSR count). The van der Waals surface area contributed by atoms with Gasteiger partial charge in [-0.2, -0.15) is 0 Å². The van der Waals surface area contributed by atoms with Gasteiger partial charge in [0.15, 0.2) is 17.5 Å². The van der Waals surface area contributed by atoms with Gasteiger partial charge in [0.25, 0.3) is 5.91 Å². The smallest absolute Gasteiger partial charge is 0.254 e. The number of amides is 1. The monoisotopic (exact) mass is 320 g/mol. The van der Waals surface area contributed by atoms with Crippen LogP contribution in [0.5, 0.6) is 0 Å². The third kappa shape index (κ3) is 4.98. The predicted molar refractivity (Wildman–Crippen MR) is 75.5 cm³/mol. The van der Waals surface area contributed by atoms with Crippen molar-refractivity contribution in [2.45, 2.75) is 6.42 Å². The normalized spacial score (nSPS) is 10.5. The largest absolute Gasteiger partial charge is 0.393 e. The number of benzene rings is 1. The molecule has 2 N–H and O–H groups in total. The van der Waals surface area contributed by atoms with Crippen LogP contribution in [0.2, 0.25) is 0 Å². The second-order valence-electron chi connectivity index (χ2n) is 4.26. The van der Waals surface area contributed by atoms with E-state index in [1.165, 1.54) is 12.0 Å². The van der Waals surface area contributed by atoms with Crippen molar-refractivity contribution in [1.82, 2.24) is 4.90 Å². The molecule has 0 saturated carbocycles. The third-order valence-corrected chi connectivity index (χ3v) is 2.92. The van der Waals surface area contributed by atoms with Gasteiger partial charge in [-0.3, -0.25) is 4.79 Å². The second kappa shape index (κ2) is 7.94. The number of halogens is 3. The van der Waals surface area contributed by atoms with Crippen LogP contribution in [0.3, 0.4) is 0 Å². The van der Waals surface area contributed by atoms with Gasteiger partial charge in [0.2, 0.25) is 0 Å². The van der Waals surface area contributed by atoms with Crippen LogP contribution in [-0.4, -0.2) is 42.6 Å². The first-order chi connectivity index (χ1) is 9.86. The van der Waals surface area contributed by atoms with Crippen LogP contribution in [-0.2, 0) is 4.74 Å². The minimum atomic E-state index is -1.61. The summed E-state index contributed by atoms with van der Waals surface area (Å²) in [6.45, 7) is 0.603. The Labute approximate surface area is 125 Å². The van der Waals surface area contributed by atoms with Crippen LogP contribution >= 0.6 is 12.2 Å². The molecule has 0 saturated heterocycles. The Balaban J connectivity index is 2.95. The summed E-state index contributed by atoms with van der Waals surface area (Å²) in [6.07, 6.45) is 0.261. The van der Waals surface area contributed by atoms with E-state index in [2.05, 4.69) is 0 Å². The van der Waals surface area contributed by atoms with Gasteiger partial charge >= 0.3 is 0 Å². The van der Waals surface area contributed by atoms with E-state index in [-0.39, 0.29) is 36.7 Å². The van der Waals surface area contributed by atoms with Gasteiger partial charge in [0, 0.05) is 32.2 Å². The van der Waals surface area contributed by atoms with Gasteiger partial charge in [-0.1, -0.05) is 12.2 Å². The van der Waals surface area contributed by atoms with Crippen molar-refractivity contribution in [3.8, 4) is 0 Å². The molecule has 0 atom stereocenters. The first kappa shape index (κ1) is 17.4. The molecule has 21 heavy (non-hydrogen) atoms. The van der Waals surface area contributed by atoms with Crippen molar-refractivity contribution in [3.05, 3.63) is 35.1 Å². The number of ether oxygens (including phenoxy) is 1. The summed E-state index contributed by atoms with van der Waals surface area (Å²) in [5.74, 6) is -5.10. The Morgan fingerprint density at radius 2 is 1.86 bits per heavy atom. The molecule has 0 unspecified atom stereocenters. The summed E-state index contributed by atoms with van der Waals surface area (Å²) in [7, 11) is 1.45. The molecule has 1 aromatic carbocycles. The lowest BCUT2D eigenvalue weighted by Gasteiger charge is -2.22. The molecule has 0 aliphatic heterocycles. The number of nitrogens with two attached hydrogens (primary N) is 1. The van der Waals surface area contributed by atoms with Crippen LogP contribution in [0, 0.1) is 17.5 Å². The van der Waals surface area contributed by atoms with Gasteiger partial charge in [-0.25, -0.2) is 13.2 Å². The highest BCUT2D eigenvalue weighted by Gasteiger charge is 2.20. The van der Waals surface area contributed by atoms with Crippen molar-refractivity contribution < 1.29 is 22.7 Å². The molecule has 1 aromatic rings. The summed E-state index contributed by atoms with van der Waals surface area (Å²) >= 11 is 4.73. The second-order valence-corrected chi connectivity index (χ2v) is 4.78. The van der Waals surface area contributed by atoms with Crippen LogP contribution < -0.4 is 5.73 Å².